The standard InChI is InChI=1S/C4H9Cl2N/c5-1-3-7-4-2-6/h7H,1-4H2/i1D,3D2/hD. The van der Waals surface area contributed by atoms with Crippen molar-refractivity contribution in [2.24, 2.45) is 0 Å². The fraction of sp³-hybridized carbons (Fsp3) is 1.00. The summed E-state index contributed by atoms with van der Waals surface area (Å²) >= 11 is 10.5. The van der Waals surface area contributed by atoms with Gasteiger partial charge in [-0.05, 0) is 0 Å². The molecule has 0 aromatic rings. The van der Waals surface area contributed by atoms with Gasteiger partial charge in [-0.25, -0.2) is 0 Å². The van der Waals surface area contributed by atoms with Crippen LogP contribution < -0.4 is 5.31 Å². The second-order valence-electron chi connectivity index (χ2n) is 0.809. The lowest BCUT2D eigenvalue weighted by atomic mass is 10.7. The molecular weight excluding hydrogens is 133 g/mol. The van der Waals surface area contributed by atoms with Crippen LogP contribution in [0, 0.1) is 0 Å². The van der Waals surface area contributed by atoms with Gasteiger partial charge in [0.05, 0.1) is 0 Å². The highest BCUT2D eigenvalue weighted by atomic mass is 35.5. The quantitative estimate of drug-likeness (QED) is 0.584. The molecule has 0 saturated heterocycles. The zero-order valence-corrected chi connectivity index (χ0v) is 5.21. The molecule has 0 aliphatic carbocycles. The summed E-state index contributed by atoms with van der Waals surface area (Å²) in [4.78, 5) is 0. The molecule has 0 amide bonds. The highest BCUT2D eigenvalue weighted by Crippen LogP contribution is 1.71. The van der Waals surface area contributed by atoms with Gasteiger partial charge in [0.2, 0.25) is 0 Å². The molecule has 1 nitrogen and oxygen atoms in total. The Bertz CT molecular complexity index is 121. The second kappa shape index (κ2) is 6.54. The van der Waals surface area contributed by atoms with Gasteiger partial charge >= 0.3 is 0 Å². The van der Waals surface area contributed by atoms with E-state index in [1.54, 1.807) is 0 Å². The van der Waals surface area contributed by atoms with E-state index >= 15 is 0 Å². The zero-order valence-electron chi connectivity index (χ0n) is 7.69. The van der Waals surface area contributed by atoms with Gasteiger partial charge < -0.3 is 5.31 Å². The van der Waals surface area contributed by atoms with Crippen molar-refractivity contribution in [1.29, 1.82) is 0 Å². The van der Waals surface area contributed by atoms with Crippen LogP contribution in [0.2, 0.25) is 1.41 Å². The molecule has 1 N–H and O–H groups in total. The number of nitrogens with one attached hydrogen (secondary N) is 1. The minimum atomic E-state index is -2.14. The lowest BCUT2D eigenvalue weighted by Crippen LogP contribution is -2.18. The van der Waals surface area contributed by atoms with Crippen LogP contribution in [0.3, 0.4) is 0 Å². The molecule has 0 heterocycles. The number of hydrogen-bond donors (Lipinski definition) is 1. The molecule has 0 aromatic carbocycles. The van der Waals surface area contributed by atoms with Crippen molar-refractivity contribution in [3.63, 3.8) is 0 Å². The molecule has 44 valence electrons. The van der Waals surface area contributed by atoms with E-state index in [4.69, 9.17) is 28.7 Å². The van der Waals surface area contributed by atoms with Crippen molar-refractivity contribution in [1.82, 2.24) is 5.31 Å². The highest BCUT2D eigenvalue weighted by Gasteiger charge is 1.78. The van der Waals surface area contributed by atoms with Gasteiger partial charge in [0.1, 0.15) is 1.41 Å². The Morgan fingerprint density at radius 1 is 1.71 bits per heavy atom. The molecule has 0 saturated carbocycles. The molecule has 7 heavy (non-hydrogen) atoms. The molecule has 0 radical (unpaired) electrons. The molecule has 0 aliphatic heterocycles. The van der Waals surface area contributed by atoms with Crippen molar-refractivity contribution >= 4 is 23.2 Å². The van der Waals surface area contributed by atoms with Gasteiger partial charge in [0.15, 0.2) is 0 Å². The maximum atomic E-state index is 7.12. The van der Waals surface area contributed by atoms with Gasteiger partial charge in [-0.3, -0.25) is 0 Å². The highest BCUT2D eigenvalue weighted by molar-refractivity contribution is 6.18. The molecule has 3 heteroatoms. The first-order valence-electron chi connectivity index (χ1n) is 3.84. The van der Waals surface area contributed by atoms with E-state index in [9.17, 15) is 0 Å². The van der Waals surface area contributed by atoms with Gasteiger partial charge in [0.25, 0.3) is 0 Å². The van der Waals surface area contributed by atoms with E-state index in [1.165, 1.54) is 0 Å². The molecule has 0 spiro atoms. The monoisotopic (exact) mass is 145 g/mol. The summed E-state index contributed by atoms with van der Waals surface area (Å²) in [5, 5.41) is 0.574. The van der Waals surface area contributed by atoms with E-state index in [0.29, 0.717) is 5.31 Å². The normalized spacial score (nSPS) is 25.0. The summed E-state index contributed by atoms with van der Waals surface area (Å²) in [6.45, 7) is -2.09. The van der Waals surface area contributed by atoms with Crippen LogP contribution in [0.5, 0.6) is 0 Å². The van der Waals surface area contributed by atoms with E-state index in [1.807, 2.05) is 0 Å². The number of alkyl halides is 2. The van der Waals surface area contributed by atoms with Crippen LogP contribution >= 0.6 is 23.2 Å². The summed E-state index contributed by atoms with van der Waals surface area (Å²) in [5.41, 5.74) is 0. The summed E-state index contributed by atoms with van der Waals surface area (Å²) in [5.74, 6) is -1.32. The molecule has 0 rings (SSSR count). The van der Waals surface area contributed by atoms with Crippen molar-refractivity contribution in [2.45, 2.75) is 0 Å². The van der Waals surface area contributed by atoms with Crippen molar-refractivity contribution in [2.75, 3.05) is 24.8 Å². The fourth-order valence-electron chi connectivity index (χ4n) is 0.141. The third-order valence-electron chi connectivity index (χ3n) is 0.336. The van der Waals surface area contributed by atoms with Crippen LogP contribution in [0.1, 0.15) is 4.11 Å². The van der Waals surface area contributed by atoms with Gasteiger partial charge in [-0.2, -0.15) is 0 Å². The van der Waals surface area contributed by atoms with Crippen molar-refractivity contribution in [3.05, 3.63) is 0 Å². The molecule has 0 fully saturated rings. The van der Waals surface area contributed by atoms with Crippen LogP contribution in [0.25, 0.3) is 0 Å². The fourth-order valence-corrected chi connectivity index (χ4v) is 0.295. The lowest BCUT2D eigenvalue weighted by Gasteiger charge is -1.93. The maximum absolute atomic E-state index is 7.12. The van der Waals surface area contributed by atoms with Crippen LogP contribution in [-0.4, -0.2) is 24.8 Å². The first-order chi connectivity index (χ1) is 4.92. The summed E-state index contributed by atoms with van der Waals surface area (Å²) in [6, 6.07) is 0. The van der Waals surface area contributed by atoms with Gasteiger partial charge in [0, 0.05) is 28.9 Å². The summed E-state index contributed by atoms with van der Waals surface area (Å²) < 4.78 is 28.2. The van der Waals surface area contributed by atoms with Crippen molar-refractivity contribution in [3.8, 4) is 0 Å². The average Bonchev–Trinajstić information content (AvgIpc) is 1.88. The molecular formula is C4H9Cl2N. The van der Waals surface area contributed by atoms with Gasteiger partial charge in [-0.1, -0.05) is 0 Å². The molecule has 0 aliphatic rings. The largest absolute Gasteiger partial charge is 0.314 e. The number of halogens is 2. The topological polar surface area (TPSA) is 12.0 Å². The van der Waals surface area contributed by atoms with Crippen LogP contribution in [0.4, 0.5) is 0 Å². The third-order valence-corrected chi connectivity index (χ3v) is 0.603. The average molecular weight is 146 g/mol. The Morgan fingerprint density at radius 2 is 2.43 bits per heavy atom. The first kappa shape index (κ1) is 2.90. The van der Waals surface area contributed by atoms with E-state index < -0.39 is 12.4 Å². The van der Waals surface area contributed by atoms with Gasteiger partial charge in [-0.15, -0.1) is 23.2 Å². The van der Waals surface area contributed by atoms with E-state index in [-0.39, 0.29) is 12.4 Å². The smallest absolute Gasteiger partial charge is 0.122 e. The Labute approximate surface area is 59.7 Å². The van der Waals surface area contributed by atoms with Crippen LogP contribution in [0.15, 0.2) is 0 Å². The Balaban J connectivity index is 4.05. The second-order valence-corrected chi connectivity index (χ2v) is 1.41. The maximum Gasteiger partial charge on any atom is 0.122 e. The molecule has 0 aromatic heterocycles. The SMILES string of the molecule is [2H]C(Cl)C([2H])([2H])N([2H])CCCl. The molecule has 0 bridgehead atoms. The van der Waals surface area contributed by atoms with Crippen molar-refractivity contribution < 1.29 is 5.52 Å². The molecule has 1 atom stereocenters. The van der Waals surface area contributed by atoms with E-state index in [0.717, 1.165) is 0 Å². The Morgan fingerprint density at radius 3 is 2.86 bits per heavy atom. The third kappa shape index (κ3) is 6.54. The lowest BCUT2D eigenvalue weighted by molar-refractivity contribution is 0.770. The number of rotatable bonds is 4. The Kier molecular flexibility index (Phi) is 2.71. The Hall–Kier alpha value is 0.540. The molecule has 1 unspecified atom stereocenters. The minimum Gasteiger partial charge on any atom is -0.314 e. The van der Waals surface area contributed by atoms with Crippen LogP contribution in [-0.2, 0) is 0 Å². The zero-order chi connectivity index (χ0) is 9.07. The summed E-state index contributed by atoms with van der Waals surface area (Å²) in [6.07, 6.45) is 0. The number of hydrogen-bond acceptors (Lipinski definition) is 1. The van der Waals surface area contributed by atoms with E-state index in [2.05, 4.69) is 0 Å². The first-order valence-corrected chi connectivity index (χ1v) is 2.78. The minimum absolute atomic E-state index is 0.0522. The summed E-state index contributed by atoms with van der Waals surface area (Å²) in [7, 11) is 0. The predicted octanol–water partition coefficient (Wildman–Crippen LogP) is 1.05. The predicted molar refractivity (Wildman–Crippen MR) is 34.3 cm³/mol.